The number of carbonyl (C=O) groups excluding carboxylic acids is 3. The van der Waals surface area contributed by atoms with E-state index in [-0.39, 0.29) is 23.7 Å². The lowest BCUT2D eigenvalue weighted by Crippen LogP contribution is -2.42. The van der Waals surface area contributed by atoms with E-state index in [0.29, 0.717) is 38.4 Å². The fraction of sp³-hybridized carbons (Fsp3) is 0.611. The van der Waals surface area contributed by atoms with Crippen LogP contribution in [0, 0.1) is 11.8 Å². The fourth-order valence-electron chi connectivity index (χ4n) is 2.65. The van der Waals surface area contributed by atoms with Gasteiger partial charge in [0.05, 0.1) is 10.8 Å². The number of likely N-dealkylation sites (tertiary alicyclic amines) is 1. The van der Waals surface area contributed by atoms with Crippen molar-refractivity contribution in [3.63, 3.8) is 0 Å². The second-order valence-corrected chi connectivity index (χ2v) is 7.71. The Morgan fingerprint density at radius 2 is 1.96 bits per heavy atom. The predicted molar refractivity (Wildman–Crippen MR) is 96.3 cm³/mol. The summed E-state index contributed by atoms with van der Waals surface area (Å²) in [5.41, 5.74) is 0. The van der Waals surface area contributed by atoms with Crippen LogP contribution >= 0.6 is 11.3 Å². The lowest BCUT2D eigenvalue weighted by atomic mass is 9.97. The standard InChI is InChI=1S/C18H26N2O4S/c1-12(2)11-19-16(21)13(3)24-18(23)14-6-8-20(9-7-14)17(22)15-5-4-10-25-15/h4-5,10,12-14H,6-9,11H2,1-3H3,(H,19,21)/t13-/m1/s1. The van der Waals surface area contributed by atoms with Gasteiger partial charge in [0.1, 0.15) is 0 Å². The van der Waals surface area contributed by atoms with Crippen LogP contribution in [0.4, 0.5) is 0 Å². The molecular weight excluding hydrogens is 340 g/mol. The highest BCUT2D eigenvalue weighted by molar-refractivity contribution is 7.12. The number of nitrogens with one attached hydrogen (secondary N) is 1. The van der Waals surface area contributed by atoms with Crippen molar-refractivity contribution in [3.8, 4) is 0 Å². The lowest BCUT2D eigenvalue weighted by molar-refractivity contribution is -0.160. The van der Waals surface area contributed by atoms with Gasteiger partial charge in [-0.05, 0) is 37.1 Å². The molecule has 2 amide bonds. The van der Waals surface area contributed by atoms with Gasteiger partial charge in [0.25, 0.3) is 11.8 Å². The second-order valence-electron chi connectivity index (χ2n) is 6.76. The van der Waals surface area contributed by atoms with Crippen LogP contribution in [0.15, 0.2) is 17.5 Å². The van der Waals surface area contributed by atoms with Gasteiger partial charge in [-0.25, -0.2) is 0 Å². The third-order valence-electron chi connectivity index (χ3n) is 4.19. The molecule has 1 aliphatic rings. The molecule has 0 spiro atoms. The molecule has 1 aliphatic heterocycles. The van der Waals surface area contributed by atoms with Gasteiger partial charge < -0.3 is 15.0 Å². The van der Waals surface area contributed by atoms with Gasteiger partial charge in [0.15, 0.2) is 6.10 Å². The summed E-state index contributed by atoms with van der Waals surface area (Å²) in [6.45, 7) is 7.21. The Bertz CT molecular complexity index is 592. The van der Waals surface area contributed by atoms with Gasteiger partial charge in [0, 0.05) is 19.6 Å². The van der Waals surface area contributed by atoms with E-state index in [0.717, 1.165) is 4.88 Å². The quantitative estimate of drug-likeness (QED) is 0.784. The van der Waals surface area contributed by atoms with Crippen LogP contribution in [0.1, 0.15) is 43.3 Å². The maximum Gasteiger partial charge on any atom is 0.309 e. The molecule has 2 rings (SSSR count). The summed E-state index contributed by atoms with van der Waals surface area (Å²) in [5, 5.41) is 4.64. The van der Waals surface area contributed by atoms with Gasteiger partial charge in [-0.2, -0.15) is 0 Å². The molecule has 0 radical (unpaired) electrons. The maximum atomic E-state index is 12.3. The normalized spacial score (nSPS) is 16.6. The van der Waals surface area contributed by atoms with E-state index < -0.39 is 6.10 Å². The van der Waals surface area contributed by atoms with Gasteiger partial charge in [-0.3, -0.25) is 14.4 Å². The van der Waals surface area contributed by atoms with Crippen molar-refractivity contribution in [2.45, 2.75) is 39.7 Å². The smallest absolute Gasteiger partial charge is 0.309 e. The first-order valence-corrected chi connectivity index (χ1v) is 9.57. The van der Waals surface area contributed by atoms with Crippen LogP contribution in [0.2, 0.25) is 0 Å². The molecule has 6 nitrogen and oxygen atoms in total. The Labute approximate surface area is 152 Å². The van der Waals surface area contributed by atoms with Crippen molar-refractivity contribution in [1.82, 2.24) is 10.2 Å². The van der Waals surface area contributed by atoms with E-state index in [2.05, 4.69) is 5.32 Å². The number of rotatable bonds is 6. The van der Waals surface area contributed by atoms with Crippen LogP contribution in [-0.4, -0.2) is 48.4 Å². The molecular formula is C18H26N2O4S. The molecule has 1 saturated heterocycles. The molecule has 1 fully saturated rings. The summed E-state index contributed by atoms with van der Waals surface area (Å²) in [4.78, 5) is 38.9. The van der Waals surface area contributed by atoms with Crippen LogP contribution < -0.4 is 5.32 Å². The molecule has 1 atom stereocenters. The number of piperidine rings is 1. The molecule has 1 N–H and O–H groups in total. The Balaban J connectivity index is 1.77. The molecule has 25 heavy (non-hydrogen) atoms. The highest BCUT2D eigenvalue weighted by atomic mass is 32.1. The number of hydrogen-bond donors (Lipinski definition) is 1. The molecule has 2 heterocycles. The van der Waals surface area contributed by atoms with E-state index >= 15 is 0 Å². The number of esters is 1. The SMILES string of the molecule is CC(C)CNC(=O)[C@@H](C)OC(=O)C1CCN(C(=O)c2cccs2)CC1. The zero-order valence-corrected chi connectivity index (χ0v) is 15.8. The van der Waals surface area contributed by atoms with Crippen molar-refractivity contribution >= 4 is 29.1 Å². The fourth-order valence-corrected chi connectivity index (χ4v) is 3.34. The third kappa shape index (κ3) is 5.56. The van der Waals surface area contributed by atoms with E-state index in [1.54, 1.807) is 11.8 Å². The van der Waals surface area contributed by atoms with Crippen molar-refractivity contribution in [2.24, 2.45) is 11.8 Å². The average molecular weight is 366 g/mol. The zero-order chi connectivity index (χ0) is 18.4. The summed E-state index contributed by atoms with van der Waals surface area (Å²) >= 11 is 1.42. The molecule has 138 valence electrons. The summed E-state index contributed by atoms with van der Waals surface area (Å²) in [7, 11) is 0. The van der Waals surface area contributed by atoms with Gasteiger partial charge >= 0.3 is 5.97 Å². The number of ether oxygens (including phenoxy) is 1. The summed E-state index contributed by atoms with van der Waals surface area (Å²) in [6, 6.07) is 3.67. The highest BCUT2D eigenvalue weighted by Gasteiger charge is 2.30. The summed E-state index contributed by atoms with van der Waals surface area (Å²) < 4.78 is 5.30. The van der Waals surface area contributed by atoms with Crippen molar-refractivity contribution < 1.29 is 19.1 Å². The Hall–Kier alpha value is -1.89. The topological polar surface area (TPSA) is 75.7 Å². The van der Waals surface area contributed by atoms with Crippen molar-refractivity contribution in [3.05, 3.63) is 22.4 Å². The van der Waals surface area contributed by atoms with Crippen molar-refractivity contribution in [1.29, 1.82) is 0 Å². The molecule has 0 aromatic carbocycles. The Morgan fingerprint density at radius 3 is 2.52 bits per heavy atom. The van der Waals surface area contributed by atoms with Gasteiger partial charge in [-0.1, -0.05) is 19.9 Å². The molecule has 0 unspecified atom stereocenters. The van der Waals surface area contributed by atoms with Gasteiger partial charge in [0.2, 0.25) is 0 Å². The number of thiophene rings is 1. The zero-order valence-electron chi connectivity index (χ0n) is 15.0. The Morgan fingerprint density at radius 1 is 1.28 bits per heavy atom. The van der Waals surface area contributed by atoms with Crippen LogP contribution in [0.3, 0.4) is 0 Å². The van der Waals surface area contributed by atoms with Crippen molar-refractivity contribution in [2.75, 3.05) is 19.6 Å². The highest BCUT2D eigenvalue weighted by Crippen LogP contribution is 2.22. The average Bonchev–Trinajstić information content (AvgIpc) is 3.13. The van der Waals surface area contributed by atoms with Crippen LogP contribution in [0.25, 0.3) is 0 Å². The number of hydrogen-bond acceptors (Lipinski definition) is 5. The first-order valence-electron chi connectivity index (χ1n) is 8.69. The van der Waals surface area contributed by atoms with Gasteiger partial charge in [-0.15, -0.1) is 11.3 Å². The maximum absolute atomic E-state index is 12.3. The van der Waals surface area contributed by atoms with E-state index in [1.165, 1.54) is 11.3 Å². The minimum absolute atomic E-state index is 0.0169. The summed E-state index contributed by atoms with van der Waals surface area (Å²) in [6.07, 6.45) is 0.337. The first kappa shape index (κ1) is 19.4. The van der Waals surface area contributed by atoms with E-state index in [4.69, 9.17) is 4.74 Å². The molecule has 7 heteroatoms. The molecule has 0 saturated carbocycles. The minimum atomic E-state index is -0.794. The minimum Gasteiger partial charge on any atom is -0.452 e. The molecule has 0 bridgehead atoms. The monoisotopic (exact) mass is 366 g/mol. The largest absolute Gasteiger partial charge is 0.452 e. The molecule has 1 aromatic heterocycles. The van der Waals surface area contributed by atoms with Crippen LogP contribution in [-0.2, 0) is 14.3 Å². The third-order valence-corrected chi connectivity index (χ3v) is 5.05. The van der Waals surface area contributed by atoms with E-state index in [1.807, 2.05) is 31.4 Å². The summed E-state index contributed by atoms with van der Waals surface area (Å²) in [5.74, 6) is -0.518. The Kier molecular flexibility index (Phi) is 6.99. The first-order chi connectivity index (χ1) is 11.9. The number of carbonyl (C=O) groups is 3. The molecule has 0 aliphatic carbocycles. The predicted octanol–water partition coefficient (Wildman–Crippen LogP) is 2.30. The van der Waals surface area contributed by atoms with E-state index in [9.17, 15) is 14.4 Å². The second kappa shape index (κ2) is 8.99. The molecule has 1 aromatic rings. The number of nitrogens with zero attached hydrogens (tertiary/aromatic N) is 1. The van der Waals surface area contributed by atoms with Crippen LogP contribution in [0.5, 0.6) is 0 Å². The number of amides is 2. The lowest BCUT2D eigenvalue weighted by Gasteiger charge is -2.31.